The predicted molar refractivity (Wildman–Crippen MR) is 110 cm³/mol. The molecule has 0 aliphatic carbocycles. The lowest BCUT2D eigenvalue weighted by atomic mass is 9.92. The van der Waals surface area contributed by atoms with Gasteiger partial charge in [-0.15, -0.1) is 5.06 Å². The Morgan fingerprint density at radius 1 is 1.10 bits per heavy atom. The van der Waals surface area contributed by atoms with Gasteiger partial charge in [0.25, 0.3) is 0 Å². The molecule has 1 spiro atoms. The van der Waals surface area contributed by atoms with E-state index in [0.29, 0.717) is 50.5 Å². The summed E-state index contributed by atoms with van der Waals surface area (Å²) in [6.45, 7) is 2.09. The van der Waals surface area contributed by atoms with Crippen LogP contribution >= 0.6 is 0 Å². The molecule has 2 fully saturated rings. The fourth-order valence-electron chi connectivity index (χ4n) is 3.80. The highest BCUT2D eigenvalue weighted by molar-refractivity contribution is 5.84. The number of hydrogen-bond acceptors (Lipinski definition) is 6. The molecule has 2 aromatic carbocycles. The van der Waals surface area contributed by atoms with Gasteiger partial charge in [0.05, 0.1) is 13.7 Å². The van der Waals surface area contributed by atoms with Gasteiger partial charge in [-0.25, -0.2) is 9.59 Å². The molecule has 2 aromatic rings. The number of carbonyl (C=O) groups excluding carboxylic acids is 2. The van der Waals surface area contributed by atoms with E-state index in [1.54, 1.807) is 41.3 Å². The van der Waals surface area contributed by atoms with Crippen molar-refractivity contribution < 1.29 is 23.9 Å². The average molecular weight is 411 g/mol. The van der Waals surface area contributed by atoms with E-state index in [2.05, 4.69) is 5.32 Å². The molecule has 0 saturated carbocycles. The number of nitrogens with zero attached hydrogens (tertiary/aromatic N) is 2. The number of hydroxylamine groups is 2. The molecule has 2 heterocycles. The molecule has 0 unspecified atom stereocenters. The molecule has 0 radical (unpaired) electrons. The first-order valence-electron chi connectivity index (χ1n) is 9.95. The summed E-state index contributed by atoms with van der Waals surface area (Å²) in [5, 5.41) is 4.30. The molecule has 1 N–H and O–H groups in total. The topological polar surface area (TPSA) is 80.3 Å². The zero-order valence-electron chi connectivity index (χ0n) is 16.9. The summed E-state index contributed by atoms with van der Waals surface area (Å²) < 4.78 is 10.8. The predicted octanol–water partition coefficient (Wildman–Crippen LogP) is 3.65. The van der Waals surface area contributed by atoms with Crippen LogP contribution in [0.15, 0.2) is 54.6 Å². The lowest BCUT2D eigenvalue weighted by molar-refractivity contribution is -0.138. The molecule has 8 nitrogen and oxygen atoms in total. The SMILES string of the molecule is COc1ccc(NC(=O)ON2CCC3(CC2)CN(Cc2ccccc2)C(=O)O3)cc1. The van der Waals surface area contributed by atoms with E-state index < -0.39 is 11.7 Å². The summed E-state index contributed by atoms with van der Waals surface area (Å²) in [5.41, 5.74) is 1.18. The molecule has 2 aliphatic rings. The number of anilines is 1. The Morgan fingerprint density at radius 3 is 2.47 bits per heavy atom. The van der Waals surface area contributed by atoms with Crippen LogP contribution < -0.4 is 10.1 Å². The highest BCUT2D eigenvalue weighted by Crippen LogP contribution is 2.34. The molecule has 30 heavy (non-hydrogen) atoms. The van der Waals surface area contributed by atoms with E-state index in [4.69, 9.17) is 14.3 Å². The number of rotatable bonds is 5. The average Bonchev–Trinajstić information content (AvgIpc) is 3.06. The smallest absolute Gasteiger partial charge is 0.430 e. The summed E-state index contributed by atoms with van der Waals surface area (Å²) in [4.78, 5) is 31.6. The van der Waals surface area contributed by atoms with Gasteiger partial charge in [0.1, 0.15) is 11.4 Å². The Bertz CT molecular complexity index is 879. The third kappa shape index (κ3) is 4.65. The van der Waals surface area contributed by atoms with Crippen molar-refractivity contribution in [3.63, 3.8) is 0 Å². The second-order valence-corrected chi connectivity index (χ2v) is 7.55. The minimum absolute atomic E-state index is 0.287. The third-order valence-electron chi connectivity index (χ3n) is 5.44. The van der Waals surface area contributed by atoms with Gasteiger partial charge in [0.2, 0.25) is 0 Å². The van der Waals surface area contributed by atoms with Gasteiger partial charge in [-0.2, -0.15) is 0 Å². The molecule has 158 valence electrons. The number of nitrogens with one attached hydrogen (secondary N) is 1. The Balaban J connectivity index is 1.26. The van der Waals surface area contributed by atoms with Crippen LogP contribution in [0, 0.1) is 0 Å². The standard InChI is InChI=1S/C22H25N3O5/c1-28-19-9-7-18(8-10-19)23-20(26)30-25-13-11-22(12-14-25)16-24(21(27)29-22)15-17-5-3-2-4-6-17/h2-10H,11-16H2,1H3,(H,23,26). The molecule has 2 aliphatic heterocycles. The van der Waals surface area contributed by atoms with Crippen LogP contribution in [0.2, 0.25) is 0 Å². The Labute approximate surface area is 175 Å². The number of ether oxygens (including phenoxy) is 2. The molecular weight excluding hydrogens is 386 g/mol. The highest BCUT2D eigenvalue weighted by atomic mass is 16.7. The monoisotopic (exact) mass is 411 g/mol. The Hall–Kier alpha value is -3.26. The second-order valence-electron chi connectivity index (χ2n) is 7.55. The first-order valence-corrected chi connectivity index (χ1v) is 9.95. The number of hydrogen-bond donors (Lipinski definition) is 1. The van der Waals surface area contributed by atoms with Crippen molar-refractivity contribution in [2.75, 3.05) is 32.1 Å². The lowest BCUT2D eigenvalue weighted by Crippen LogP contribution is -2.47. The molecule has 2 amide bonds. The van der Waals surface area contributed by atoms with Crippen molar-refractivity contribution in [3.8, 4) is 5.75 Å². The lowest BCUT2D eigenvalue weighted by Gasteiger charge is -2.36. The van der Waals surface area contributed by atoms with Gasteiger partial charge in [0, 0.05) is 38.2 Å². The van der Waals surface area contributed by atoms with E-state index in [0.717, 1.165) is 5.56 Å². The summed E-state index contributed by atoms with van der Waals surface area (Å²) >= 11 is 0. The minimum Gasteiger partial charge on any atom is -0.497 e. The number of carbonyl (C=O) groups is 2. The second kappa shape index (κ2) is 8.62. The molecule has 0 bridgehead atoms. The number of methoxy groups -OCH3 is 1. The number of amides is 2. The third-order valence-corrected chi connectivity index (χ3v) is 5.44. The Morgan fingerprint density at radius 2 is 1.80 bits per heavy atom. The molecule has 2 saturated heterocycles. The maximum atomic E-state index is 12.3. The van der Waals surface area contributed by atoms with Crippen molar-refractivity contribution in [3.05, 3.63) is 60.2 Å². The van der Waals surface area contributed by atoms with Crippen LogP contribution in [0.4, 0.5) is 15.3 Å². The van der Waals surface area contributed by atoms with Crippen LogP contribution in [0.1, 0.15) is 18.4 Å². The van der Waals surface area contributed by atoms with Crippen LogP contribution in [-0.2, 0) is 16.1 Å². The fraction of sp³-hybridized carbons (Fsp3) is 0.364. The van der Waals surface area contributed by atoms with E-state index in [1.807, 2.05) is 30.3 Å². The van der Waals surface area contributed by atoms with Crippen LogP contribution in [0.3, 0.4) is 0 Å². The summed E-state index contributed by atoms with van der Waals surface area (Å²) in [5.74, 6) is 0.711. The van der Waals surface area contributed by atoms with E-state index >= 15 is 0 Å². The molecular formula is C22H25N3O5. The molecule has 0 atom stereocenters. The minimum atomic E-state index is -0.551. The first-order chi connectivity index (χ1) is 14.5. The highest BCUT2D eigenvalue weighted by Gasteiger charge is 2.47. The van der Waals surface area contributed by atoms with Crippen molar-refractivity contribution >= 4 is 17.9 Å². The quantitative estimate of drug-likeness (QED) is 0.809. The van der Waals surface area contributed by atoms with Crippen molar-refractivity contribution in [1.82, 2.24) is 9.96 Å². The van der Waals surface area contributed by atoms with Gasteiger partial charge in [-0.05, 0) is 29.8 Å². The van der Waals surface area contributed by atoms with Gasteiger partial charge in [-0.1, -0.05) is 30.3 Å². The molecule has 8 heteroatoms. The van der Waals surface area contributed by atoms with Crippen LogP contribution in [0.25, 0.3) is 0 Å². The first kappa shape index (κ1) is 20.0. The van der Waals surface area contributed by atoms with Crippen molar-refractivity contribution in [2.24, 2.45) is 0 Å². The largest absolute Gasteiger partial charge is 0.497 e. The fourth-order valence-corrected chi connectivity index (χ4v) is 3.80. The molecule has 4 rings (SSSR count). The van der Waals surface area contributed by atoms with Crippen LogP contribution in [-0.4, -0.2) is 54.5 Å². The maximum Gasteiger partial charge on any atom is 0.430 e. The summed E-state index contributed by atoms with van der Waals surface area (Å²) in [6.07, 6.45) is 0.385. The van der Waals surface area contributed by atoms with Gasteiger partial charge in [-0.3, -0.25) is 10.2 Å². The maximum absolute atomic E-state index is 12.3. The van der Waals surface area contributed by atoms with Gasteiger partial charge >= 0.3 is 12.2 Å². The normalized spacial score (nSPS) is 18.2. The zero-order valence-corrected chi connectivity index (χ0v) is 16.9. The number of piperidine rings is 1. The number of benzene rings is 2. The molecule has 0 aromatic heterocycles. The summed E-state index contributed by atoms with van der Waals surface area (Å²) in [7, 11) is 1.59. The zero-order chi connectivity index (χ0) is 21.0. The Kier molecular flexibility index (Phi) is 5.76. The van der Waals surface area contributed by atoms with E-state index in [1.165, 1.54) is 0 Å². The van der Waals surface area contributed by atoms with Crippen molar-refractivity contribution in [1.29, 1.82) is 0 Å². The van der Waals surface area contributed by atoms with Crippen molar-refractivity contribution in [2.45, 2.75) is 25.0 Å². The van der Waals surface area contributed by atoms with E-state index in [9.17, 15) is 9.59 Å². The van der Waals surface area contributed by atoms with Gasteiger partial charge < -0.3 is 14.3 Å². The van der Waals surface area contributed by atoms with Gasteiger partial charge in [0.15, 0.2) is 0 Å². The van der Waals surface area contributed by atoms with E-state index in [-0.39, 0.29) is 6.09 Å². The summed E-state index contributed by atoms with van der Waals surface area (Å²) in [6, 6.07) is 16.9. The van der Waals surface area contributed by atoms with Crippen LogP contribution in [0.5, 0.6) is 5.75 Å².